The Hall–Kier alpha value is -9.33. The van der Waals surface area contributed by atoms with Crippen molar-refractivity contribution in [2.24, 2.45) is 5.73 Å². The zero-order valence-electron chi connectivity index (χ0n) is 70.0. The fraction of sp³-hybridized carbons (Fsp3) is 0.280. The summed E-state index contributed by atoms with van der Waals surface area (Å²) in [6, 6.07) is 22.0. The number of nitrogen functional groups attached to an aromatic ring is 1. The molecule has 0 radical (unpaired) electrons. The van der Waals surface area contributed by atoms with E-state index in [-0.39, 0.29) is 56.1 Å². The van der Waals surface area contributed by atoms with E-state index in [0.29, 0.717) is 41.2 Å². The Kier molecular flexibility index (Phi) is 42.6. The van der Waals surface area contributed by atoms with Crippen LogP contribution < -0.4 is 16.9 Å². The van der Waals surface area contributed by atoms with Crippen molar-refractivity contribution in [3.05, 3.63) is 245 Å². The summed E-state index contributed by atoms with van der Waals surface area (Å²) >= 11 is 34.9. The Morgan fingerprint density at radius 2 is 0.871 bits per heavy atom. The Morgan fingerprint density at radius 1 is 0.508 bits per heavy atom. The molecule has 1 saturated carbocycles. The van der Waals surface area contributed by atoms with E-state index in [4.69, 9.17) is 81.8 Å². The number of thioether (sulfide) groups is 4. The van der Waals surface area contributed by atoms with E-state index in [1.165, 1.54) is 44.7 Å². The Bertz CT molecular complexity index is 5590. The number of carbonyl (C=O) groups excluding carboxylic acids is 2. The van der Waals surface area contributed by atoms with Crippen LogP contribution in [-0.4, -0.2) is 210 Å². The minimum atomic E-state index is -0.927. The Morgan fingerprint density at radius 3 is 1.25 bits per heavy atom. The highest BCUT2D eigenvalue weighted by atomic mass is 79.9. The first-order valence-electron chi connectivity index (χ1n) is 37.3. The second-order valence-electron chi connectivity index (χ2n) is 26.1. The number of methoxy groups -OCH3 is 2. The van der Waals surface area contributed by atoms with Crippen molar-refractivity contribution in [1.82, 2.24) is 91.8 Å². The number of anilines is 1. The highest BCUT2D eigenvalue weighted by molar-refractivity contribution is 9.10. The lowest BCUT2D eigenvalue weighted by Crippen LogP contribution is -2.41. The molecule has 0 bridgehead atoms. The number of ketones is 1. The van der Waals surface area contributed by atoms with Crippen molar-refractivity contribution in [2.75, 3.05) is 70.6 Å². The summed E-state index contributed by atoms with van der Waals surface area (Å²) in [5, 5.41) is 14.5. The van der Waals surface area contributed by atoms with Crippen molar-refractivity contribution in [3.8, 4) is 22.5 Å². The van der Waals surface area contributed by atoms with Gasteiger partial charge in [0.2, 0.25) is 0 Å². The fourth-order valence-electron chi connectivity index (χ4n) is 10.1. The van der Waals surface area contributed by atoms with Gasteiger partial charge in [-0.05, 0) is 132 Å². The van der Waals surface area contributed by atoms with Crippen LogP contribution >= 0.6 is 125 Å². The highest BCUT2D eigenvalue weighted by Crippen LogP contribution is 2.37. The zero-order chi connectivity index (χ0) is 90.5. The molecule has 13 heterocycles. The number of benzene rings is 3. The number of nitrogens with zero attached hydrogens (tertiary/aromatic N) is 19. The van der Waals surface area contributed by atoms with Crippen molar-refractivity contribution >= 4 is 190 Å². The number of fused-ring (bicyclic) bond motifs is 5. The molecular weight excluding hydrogens is 1880 g/mol. The van der Waals surface area contributed by atoms with Crippen LogP contribution in [0.3, 0.4) is 0 Å². The van der Waals surface area contributed by atoms with Gasteiger partial charge in [0.1, 0.15) is 24.7 Å². The number of hydrogen-bond donors (Lipinski definition) is 3. The van der Waals surface area contributed by atoms with E-state index in [1.807, 2.05) is 168 Å². The Balaban J connectivity index is 0.000000193. The molecule has 1 saturated heterocycles. The molecule has 0 spiro atoms. The van der Waals surface area contributed by atoms with Crippen molar-refractivity contribution in [1.29, 1.82) is 0 Å². The van der Waals surface area contributed by atoms with E-state index in [9.17, 15) is 14.4 Å². The lowest BCUT2D eigenvalue weighted by Gasteiger charge is -2.32. The molecule has 12 aromatic heterocycles. The predicted molar refractivity (Wildman–Crippen MR) is 501 cm³/mol. The van der Waals surface area contributed by atoms with Gasteiger partial charge in [-0.15, -0.1) is 47.0 Å². The number of imidazole rings is 5. The molecule has 42 heteroatoms. The summed E-state index contributed by atoms with van der Waals surface area (Å²) in [5.41, 5.74) is 20.1. The first-order valence-corrected chi connectivity index (χ1v) is 45.7. The first kappa shape index (κ1) is 102. The zero-order valence-corrected chi connectivity index (χ0v) is 79.5. The highest BCUT2D eigenvalue weighted by Gasteiger charge is 2.51. The average Bonchev–Trinajstić information content (AvgIpc) is 1.62. The third-order valence-corrected chi connectivity index (χ3v) is 22.1. The van der Waals surface area contributed by atoms with Gasteiger partial charge in [0, 0.05) is 162 Å². The number of alkyl halides is 1. The summed E-state index contributed by atoms with van der Waals surface area (Å²) in [6.07, 6.45) is 46.9. The molecule has 2 aliphatic rings. The van der Waals surface area contributed by atoms with Crippen molar-refractivity contribution < 1.29 is 47.7 Å². The van der Waals surface area contributed by atoms with Gasteiger partial charge < -0.3 is 53.6 Å². The van der Waals surface area contributed by atoms with Crippen LogP contribution in [0.5, 0.6) is 0 Å². The van der Waals surface area contributed by atoms with Crippen LogP contribution in [0.2, 0.25) is 20.6 Å². The van der Waals surface area contributed by atoms with Gasteiger partial charge in [0.15, 0.2) is 66.7 Å². The van der Waals surface area contributed by atoms with Gasteiger partial charge in [-0.3, -0.25) is 18.0 Å². The summed E-state index contributed by atoms with van der Waals surface area (Å²) in [5.74, 6) is -0.929. The minimum absolute atomic E-state index is 0.0694. The van der Waals surface area contributed by atoms with Crippen molar-refractivity contribution in [3.63, 3.8) is 0 Å². The number of hydrogen-bond acceptors (Lipinski definition) is 29. The van der Waals surface area contributed by atoms with Crippen LogP contribution in [0.4, 0.5) is 5.82 Å². The molecule has 15 aromatic rings. The smallest absolute Gasteiger partial charge is 0.478 e. The lowest BCUT2D eigenvalue weighted by molar-refractivity contribution is -0.119. The van der Waals surface area contributed by atoms with Crippen molar-refractivity contribution in [2.45, 2.75) is 105 Å². The van der Waals surface area contributed by atoms with Crippen LogP contribution in [0.15, 0.2) is 228 Å². The molecule has 1 aliphatic heterocycles. The van der Waals surface area contributed by atoms with E-state index >= 15 is 0 Å². The second-order valence-corrected chi connectivity index (χ2v) is 32.1. The number of Topliss-reactive ketones (excluding diaryl/α,β-unsaturated/α-hetero) is 1. The maximum absolute atomic E-state index is 11.4. The number of aromatic carboxylic acids is 1. The lowest BCUT2D eigenvalue weighted by atomic mass is 9.79. The standard InChI is InChI=1S/C15H13N3OS.C14H19BO4.C14H11N3O2S.C7H6BrN3S.C7H7N3S.C6H13BrO2.C6H4ClN3.C4H2Cl2N2.C4H4ClN3.C3H7N.C2H6O/c1-10(19)11-3-5-12(6-4-11)13-9-17-14-15(20-2)16-7-8-18(13)14;1-13(2)14(3,4)19-15(18-13)11-8-6-10(7-9-11)12(16)17-5;1-20-13-12-16-8-11(17(12)7-6-15-13)9-2-4-10(5-3-9)14(18)19;1-12-7-6-10-4-5(8)11(6)3-2-9-7;1-11-7-6-8-2-4-10(6)5-3-9-7;1-3-8-6(5-7)9-4-2;7-5-6-9-2-4-10(6)3-1-8-5;2*5-3-4(6)8-2-1-7-3;4-3-1-2-3;1-3-2/h3-9H,1-2H3;6-9H,1-5H3;2-8H,1H3,(H,18,19);2-4H,1H3;2-5H,1H3;6H,3-5H2,1-2H3;1-4H;1-2H;1-2H,(H2,6,8);3H,1-2,4H2;1-2H3. The first-order chi connectivity index (χ1) is 59.6. The van der Waals surface area contributed by atoms with Crippen LogP contribution in [-0.2, 0) is 28.3 Å². The van der Waals surface area contributed by atoms with Crippen LogP contribution in [0, 0.1) is 0 Å². The number of carboxylic acids is 1. The number of halogens is 6. The van der Waals surface area contributed by atoms with Gasteiger partial charge in [-0.25, -0.2) is 79.4 Å². The average molecular weight is 1970 g/mol. The number of nitrogens with two attached hydrogens (primary N) is 2. The number of ether oxygens (including phenoxy) is 4. The number of carbonyl (C=O) groups is 3. The number of esters is 1. The third-order valence-electron chi connectivity index (χ3n) is 17.1. The molecule has 17 rings (SSSR count). The molecule has 654 valence electrons. The van der Waals surface area contributed by atoms with E-state index < -0.39 is 13.1 Å². The maximum Gasteiger partial charge on any atom is 0.494 e. The molecule has 0 atom stereocenters. The monoisotopic (exact) mass is 1970 g/mol. The van der Waals surface area contributed by atoms with Crippen LogP contribution in [0.25, 0.3) is 50.8 Å². The SMILES string of the molecule is CCOC(CBr)OCC.COC.COC(=O)c1ccc(B2OC(C)(C)C(C)(C)O2)cc1.CSc1nccn2c(-c3ccc(C(=O)O)cc3)cnc12.CSc1nccn2c(-c3ccc(C(C)=O)cc3)cnc12.CSc1nccn2c(Br)cnc12.CSc1nccn2ccnc12.Clc1nccn2ccnc12.Clc1nccnc1Cl.NC1CC1.Nc1nccnc1Cl. The molecule has 0 amide bonds. The molecule has 3 aromatic carbocycles. The number of aromatic nitrogens is 19. The largest absolute Gasteiger partial charge is 0.494 e. The minimum Gasteiger partial charge on any atom is -0.478 e. The predicted octanol–water partition coefficient (Wildman–Crippen LogP) is 17.6. The maximum atomic E-state index is 11.4. The number of carboxylic acid groups (broad SMARTS) is 1. The summed E-state index contributed by atoms with van der Waals surface area (Å²) in [7, 11) is 4.21. The third kappa shape index (κ3) is 30.2. The topological polar surface area (TPSA) is 381 Å². The van der Waals surface area contributed by atoms with E-state index in [2.05, 4.69) is 111 Å². The summed E-state index contributed by atoms with van der Waals surface area (Å²) < 4.78 is 41.8. The fourth-order valence-corrected chi connectivity index (χ4v) is 13.4. The molecule has 124 heavy (non-hydrogen) atoms. The molecule has 2 fully saturated rings. The number of rotatable bonds is 15. The molecular formula is C82H92BBr2Cl4N21O10S4. The van der Waals surface area contributed by atoms with E-state index in [1.54, 1.807) is 167 Å². The molecule has 0 unspecified atom stereocenters. The quantitative estimate of drug-likeness (QED) is 0.0214. The molecule has 5 N–H and O–H groups in total. The molecule has 31 nitrogen and oxygen atoms in total. The van der Waals surface area contributed by atoms with Gasteiger partial charge in [-0.1, -0.05) is 111 Å². The van der Waals surface area contributed by atoms with E-state index in [0.717, 1.165) is 80.6 Å². The second kappa shape index (κ2) is 51.9. The normalized spacial score (nSPS) is 12.4. The Labute approximate surface area is 771 Å². The summed E-state index contributed by atoms with van der Waals surface area (Å²) in [6.45, 7) is 14.9. The van der Waals surface area contributed by atoms with Gasteiger partial charge in [0.05, 0.1) is 64.7 Å². The van der Waals surface area contributed by atoms with Crippen LogP contribution in [0.1, 0.15) is 92.4 Å². The summed E-state index contributed by atoms with van der Waals surface area (Å²) in [4.78, 5) is 90.2. The van der Waals surface area contributed by atoms with Gasteiger partial charge >= 0.3 is 19.1 Å². The molecule has 1 aliphatic carbocycles. The van der Waals surface area contributed by atoms with Gasteiger partial charge in [0.25, 0.3) is 0 Å². The van der Waals surface area contributed by atoms with Gasteiger partial charge in [-0.2, -0.15) is 0 Å².